The minimum Gasteiger partial charge on any atom is -0.467 e. The first-order chi connectivity index (χ1) is 7.83. The molecular formula is C12H16N2O2. The number of carbonyl (C=O) groups is 1. The van der Waals surface area contributed by atoms with Crippen molar-refractivity contribution in [1.82, 2.24) is 4.98 Å². The van der Waals surface area contributed by atoms with Gasteiger partial charge in [-0.1, -0.05) is 0 Å². The van der Waals surface area contributed by atoms with Crippen LogP contribution in [0.25, 0.3) is 0 Å². The number of anilines is 1. The molecule has 86 valence electrons. The zero-order valence-corrected chi connectivity index (χ0v) is 9.43. The summed E-state index contributed by atoms with van der Waals surface area (Å²) >= 11 is 0. The van der Waals surface area contributed by atoms with Gasteiger partial charge in [-0.05, 0) is 31.4 Å². The molecular weight excluding hydrogens is 204 g/mol. The van der Waals surface area contributed by atoms with Gasteiger partial charge in [0.15, 0.2) is 0 Å². The molecule has 1 fully saturated rings. The average Bonchev–Trinajstić information content (AvgIpc) is 2.39. The minimum absolute atomic E-state index is 0.149. The summed E-state index contributed by atoms with van der Waals surface area (Å²) in [6.07, 6.45) is 6.59. The van der Waals surface area contributed by atoms with Gasteiger partial charge in [0, 0.05) is 12.7 Å². The Hall–Kier alpha value is -1.58. The van der Waals surface area contributed by atoms with Crippen LogP contribution in [0.3, 0.4) is 0 Å². The van der Waals surface area contributed by atoms with Crippen molar-refractivity contribution in [3.05, 3.63) is 24.5 Å². The van der Waals surface area contributed by atoms with Gasteiger partial charge >= 0.3 is 5.97 Å². The number of esters is 1. The highest BCUT2D eigenvalue weighted by Crippen LogP contribution is 2.24. The molecule has 1 saturated heterocycles. The van der Waals surface area contributed by atoms with Crippen LogP contribution in [-0.4, -0.2) is 30.6 Å². The van der Waals surface area contributed by atoms with E-state index in [0.717, 1.165) is 31.5 Å². The topological polar surface area (TPSA) is 42.4 Å². The summed E-state index contributed by atoms with van der Waals surface area (Å²) in [7, 11) is 1.44. The van der Waals surface area contributed by atoms with Crippen LogP contribution in [0.5, 0.6) is 0 Å². The summed E-state index contributed by atoms with van der Waals surface area (Å²) in [5.74, 6) is -0.149. The van der Waals surface area contributed by atoms with Crippen LogP contribution in [0.2, 0.25) is 0 Å². The molecule has 0 spiro atoms. The maximum Gasteiger partial charge on any atom is 0.328 e. The molecule has 16 heavy (non-hydrogen) atoms. The molecule has 0 amide bonds. The molecule has 0 radical (unpaired) electrons. The van der Waals surface area contributed by atoms with Gasteiger partial charge in [-0.2, -0.15) is 0 Å². The van der Waals surface area contributed by atoms with E-state index < -0.39 is 0 Å². The summed E-state index contributed by atoms with van der Waals surface area (Å²) < 4.78 is 4.84. The number of ether oxygens (including phenoxy) is 1. The Morgan fingerprint density at radius 2 is 2.44 bits per heavy atom. The molecule has 2 rings (SSSR count). The molecule has 0 aromatic carbocycles. The molecule has 0 saturated carbocycles. The van der Waals surface area contributed by atoms with Gasteiger partial charge in [0.2, 0.25) is 0 Å². The Kier molecular flexibility index (Phi) is 3.39. The minimum atomic E-state index is -0.150. The highest BCUT2D eigenvalue weighted by Gasteiger charge is 2.29. The lowest BCUT2D eigenvalue weighted by molar-refractivity contribution is -0.142. The van der Waals surface area contributed by atoms with E-state index in [4.69, 9.17) is 4.74 Å². The van der Waals surface area contributed by atoms with Crippen LogP contribution < -0.4 is 4.90 Å². The van der Waals surface area contributed by atoms with E-state index in [1.807, 2.05) is 12.1 Å². The number of carbonyl (C=O) groups excluding carboxylic acids is 1. The third-order valence-corrected chi connectivity index (χ3v) is 2.95. The van der Waals surface area contributed by atoms with Gasteiger partial charge < -0.3 is 9.64 Å². The monoisotopic (exact) mass is 220 g/mol. The van der Waals surface area contributed by atoms with E-state index in [0.29, 0.717) is 0 Å². The Morgan fingerprint density at radius 3 is 3.12 bits per heavy atom. The van der Waals surface area contributed by atoms with Gasteiger partial charge in [0.05, 0.1) is 19.0 Å². The molecule has 1 aliphatic heterocycles. The number of aromatic nitrogens is 1. The molecule has 4 heteroatoms. The quantitative estimate of drug-likeness (QED) is 0.710. The number of pyridine rings is 1. The third-order valence-electron chi connectivity index (χ3n) is 2.95. The predicted molar refractivity (Wildman–Crippen MR) is 61.2 cm³/mol. The summed E-state index contributed by atoms with van der Waals surface area (Å²) in [5.41, 5.74) is 0.998. The number of hydrogen-bond donors (Lipinski definition) is 0. The predicted octanol–water partition coefficient (Wildman–Crippen LogP) is 1.61. The first-order valence-corrected chi connectivity index (χ1v) is 5.57. The molecule has 1 atom stereocenters. The maximum atomic E-state index is 11.7. The summed E-state index contributed by atoms with van der Waals surface area (Å²) in [5, 5.41) is 0. The van der Waals surface area contributed by atoms with E-state index in [9.17, 15) is 4.79 Å². The van der Waals surface area contributed by atoms with Crippen LogP contribution in [-0.2, 0) is 9.53 Å². The lowest BCUT2D eigenvalue weighted by Crippen LogP contribution is -2.45. The Balaban J connectivity index is 2.20. The Bertz CT molecular complexity index is 353. The van der Waals surface area contributed by atoms with Crippen molar-refractivity contribution in [2.75, 3.05) is 18.6 Å². The van der Waals surface area contributed by atoms with Crippen molar-refractivity contribution < 1.29 is 9.53 Å². The molecule has 1 aromatic rings. The number of nitrogens with zero attached hydrogens (tertiary/aromatic N) is 2. The van der Waals surface area contributed by atoms with Crippen LogP contribution in [0.15, 0.2) is 24.5 Å². The molecule has 2 heterocycles. The number of piperidine rings is 1. The Labute approximate surface area is 95.2 Å². The van der Waals surface area contributed by atoms with Crippen molar-refractivity contribution >= 4 is 11.7 Å². The Morgan fingerprint density at radius 1 is 1.56 bits per heavy atom. The molecule has 1 aromatic heterocycles. The maximum absolute atomic E-state index is 11.7. The van der Waals surface area contributed by atoms with E-state index in [1.165, 1.54) is 7.11 Å². The van der Waals surface area contributed by atoms with Crippen molar-refractivity contribution in [3.63, 3.8) is 0 Å². The summed E-state index contributed by atoms with van der Waals surface area (Å²) in [6.45, 7) is 0.894. The molecule has 0 aliphatic carbocycles. The first kappa shape index (κ1) is 10.9. The van der Waals surface area contributed by atoms with Gasteiger partial charge in [-0.15, -0.1) is 0 Å². The van der Waals surface area contributed by atoms with Crippen molar-refractivity contribution in [3.8, 4) is 0 Å². The van der Waals surface area contributed by atoms with Crippen LogP contribution >= 0.6 is 0 Å². The van der Waals surface area contributed by atoms with Gasteiger partial charge in [-0.3, -0.25) is 4.98 Å². The zero-order valence-electron chi connectivity index (χ0n) is 9.43. The average molecular weight is 220 g/mol. The van der Waals surface area contributed by atoms with Gasteiger partial charge in [0.1, 0.15) is 6.04 Å². The molecule has 1 aliphatic rings. The van der Waals surface area contributed by atoms with Crippen LogP contribution in [0.1, 0.15) is 19.3 Å². The normalized spacial score (nSPS) is 20.6. The largest absolute Gasteiger partial charge is 0.467 e. The van der Waals surface area contributed by atoms with Crippen LogP contribution in [0.4, 0.5) is 5.69 Å². The van der Waals surface area contributed by atoms with Crippen molar-refractivity contribution in [2.45, 2.75) is 25.3 Å². The lowest BCUT2D eigenvalue weighted by Gasteiger charge is -2.35. The summed E-state index contributed by atoms with van der Waals surface area (Å²) in [4.78, 5) is 17.8. The smallest absolute Gasteiger partial charge is 0.328 e. The third kappa shape index (κ3) is 2.15. The van der Waals surface area contributed by atoms with Crippen molar-refractivity contribution in [1.29, 1.82) is 0 Å². The van der Waals surface area contributed by atoms with Crippen molar-refractivity contribution in [2.24, 2.45) is 0 Å². The zero-order chi connectivity index (χ0) is 11.4. The summed E-state index contributed by atoms with van der Waals surface area (Å²) in [6, 6.07) is 3.72. The molecule has 0 N–H and O–H groups in total. The second-order valence-electron chi connectivity index (χ2n) is 3.94. The molecule has 4 nitrogen and oxygen atoms in total. The van der Waals surface area contributed by atoms with Gasteiger partial charge in [0.25, 0.3) is 0 Å². The molecule has 0 bridgehead atoms. The fourth-order valence-electron chi connectivity index (χ4n) is 2.15. The highest BCUT2D eigenvalue weighted by molar-refractivity contribution is 5.80. The molecule has 0 unspecified atom stereocenters. The fraction of sp³-hybridized carbons (Fsp3) is 0.500. The fourth-order valence-corrected chi connectivity index (χ4v) is 2.15. The second kappa shape index (κ2) is 4.96. The van der Waals surface area contributed by atoms with Crippen LogP contribution in [0, 0.1) is 0 Å². The lowest BCUT2D eigenvalue weighted by atomic mass is 10.0. The van der Waals surface area contributed by atoms with E-state index in [-0.39, 0.29) is 12.0 Å². The van der Waals surface area contributed by atoms with E-state index >= 15 is 0 Å². The number of methoxy groups -OCH3 is 1. The number of rotatable bonds is 2. The number of hydrogen-bond acceptors (Lipinski definition) is 4. The second-order valence-corrected chi connectivity index (χ2v) is 3.94. The van der Waals surface area contributed by atoms with E-state index in [1.54, 1.807) is 12.4 Å². The standard InChI is InChI=1S/C12H16N2O2/c1-16-12(15)11-6-2-3-8-14(11)10-5-4-7-13-9-10/h4-5,7,9,11H,2-3,6,8H2,1H3/t11-/m1/s1. The highest BCUT2D eigenvalue weighted by atomic mass is 16.5. The van der Waals surface area contributed by atoms with E-state index in [2.05, 4.69) is 9.88 Å². The SMILES string of the molecule is COC(=O)[C@H]1CCCCN1c1cccnc1. The van der Waals surface area contributed by atoms with Gasteiger partial charge in [-0.25, -0.2) is 4.79 Å². The first-order valence-electron chi connectivity index (χ1n) is 5.57.